The molecule has 0 unspecified atom stereocenters. The summed E-state index contributed by atoms with van der Waals surface area (Å²) in [5.41, 5.74) is 1.63. The van der Waals surface area contributed by atoms with Gasteiger partial charge in [-0.25, -0.2) is 0 Å². The SMILES string of the molecule is COCCc1ccc(OC(=O)C2CCC(C=O)CC2)c(C=N)c1. The van der Waals surface area contributed by atoms with Crippen molar-refractivity contribution in [2.45, 2.75) is 32.1 Å². The summed E-state index contributed by atoms with van der Waals surface area (Å²) in [7, 11) is 1.65. The highest BCUT2D eigenvalue weighted by molar-refractivity contribution is 5.84. The van der Waals surface area contributed by atoms with E-state index in [1.165, 1.54) is 6.21 Å². The summed E-state index contributed by atoms with van der Waals surface area (Å²) in [6.07, 6.45) is 5.80. The Bertz CT molecular complexity index is 562. The number of esters is 1. The van der Waals surface area contributed by atoms with Crippen LogP contribution in [0.3, 0.4) is 0 Å². The molecule has 0 atom stereocenters. The van der Waals surface area contributed by atoms with Gasteiger partial charge in [0, 0.05) is 24.8 Å². The zero-order valence-corrected chi connectivity index (χ0v) is 13.4. The van der Waals surface area contributed by atoms with Gasteiger partial charge in [0.05, 0.1) is 12.5 Å². The van der Waals surface area contributed by atoms with Gasteiger partial charge in [0.2, 0.25) is 0 Å². The molecule has 5 heteroatoms. The van der Waals surface area contributed by atoms with Crippen LogP contribution >= 0.6 is 0 Å². The third kappa shape index (κ3) is 4.73. The molecule has 0 bridgehead atoms. The summed E-state index contributed by atoms with van der Waals surface area (Å²) >= 11 is 0. The predicted molar refractivity (Wildman–Crippen MR) is 87.1 cm³/mol. The Kier molecular flexibility index (Phi) is 6.47. The van der Waals surface area contributed by atoms with Gasteiger partial charge in [-0.3, -0.25) is 4.79 Å². The highest BCUT2D eigenvalue weighted by atomic mass is 16.5. The maximum atomic E-state index is 12.3. The van der Waals surface area contributed by atoms with Gasteiger partial charge in [0.15, 0.2) is 0 Å². The molecule has 1 aromatic rings. The number of ether oxygens (including phenoxy) is 2. The Morgan fingerprint density at radius 1 is 1.30 bits per heavy atom. The van der Waals surface area contributed by atoms with Crippen LogP contribution in [0.15, 0.2) is 18.2 Å². The third-order valence-corrected chi connectivity index (χ3v) is 4.33. The summed E-state index contributed by atoms with van der Waals surface area (Å²) < 4.78 is 10.5. The fourth-order valence-electron chi connectivity index (χ4n) is 2.86. The van der Waals surface area contributed by atoms with Crippen molar-refractivity contribution >= 4 is 18.5 Å². The molecule has 23 heavy (non-hydrogen) atoms. The number of benzene rings is 1. The average molecular weight is 317 g/mol. The molecule has 0 radical (unpaired) electrons. The first-order chi connectivity index (χ1) is 11.2. The number of hydrogen-bond acceptors (Lipinski definition) is 5. The lowest BCUT2D eigenvalue weighted by Gasteiger charge is -2.24. The molecule has 1 N–H and O–H groups in total. The molecule has 2 rings (SSSR count). The molecule has 1 aliphatic rings. The minimum Gasteiger partial charge on any atom is -0.426 e. The first-order valence-electron chi connectivity index (χ1n) is 7.97. The number of carbonyl (C=O) groups is 2. The molecular weight excluding hydrogens is 294 g/mol. The van der Waals surface area contributed by atoms with Crippen molar-refractivity contribution in [2.75, 3.05) is 13.7 Å². The summed E-state index contributed by atoms with van der Waals surface area (Å²) in [5.74, 6) is 0.0833. The van der Waals surface area contributed by atoms with Gasteiger partial charge in [-0.1, -0.05) is 6.07 Å². The van der Waals surface area contributed by atoms with E-state index < -0.39 is 0 Å². The quantitative estimate of drug-likeness (QED) is 0.363. The predicted octanol–water partition coefficient (Wildman–Crippen LogP) is 2.78. The third-order valence-electron chi connectivity index (χ3n) is 4.33. The molecule has 124 valence electrons. The molecular formula is C18H23NO4. The van der Waals surface area contributed by atoms with Crippen molar-refractivity contribution in [1.29, 1.82) is 5.41 Å². The molecule has 0 aromatic heterocycles. The van der Waals surface area contributed by atoms with E-state index in [2.05, 4.69) is 0 Å². The first kappa shape index (κ1) is 17.3. The molecule has 0 spiro atoms. The van der Waals surface area contributed by atoms with Crippen molar-refractivity contribution < 1.29 is 19.1 Å². The Labute approximate surface area is 136 Å². The van der Waals surface area contributed by atoms with Crippen LogP contribution in [-0.4, -0.2) is 32.2 Å². The van der Waals surface area contributed by atoms with Gasteiger partial charge >= 0.3 is 5.97 Å². The number of methoxy groups -OCH3 is 1. The maximum Gasteiger partial charge on any atom is 0.314 e. The van der Waals surface area contributed by atoms with Crippen LogP contribution in [-0.2, 0) is 20.7 Å². The van der Waals surface area contributed by atoms with Gasteiger partial charge in [0.1, 0.15) is 12.0 Å². The molecule has 0 aliphatic heterocycles. The maximum absolute atomic E-state index is 12.3. The monoisotopic (exact) mass is 317 g/mol. The molecule has 1 aliphatic carbocycles. The van der Waals surface area contributed by atoms with Crippen molar-refractivity contribution in [2.24, 2.45) is 11.8 Å². The fourth-order valence-corrected chi connectivity index (χ4v) is 2.86. The summed E-state index contributed by atoms with van der Waals surface area (Å²) in [6, 6.07) is 5.47. The zero-order valence-electron chi connectivity index (χ0n) is 13.4. The minimum absolute atomic E-state index is 0.0799. The Balaban J connectivity index is 2.00. The van der Waals surface area contributed by atoms with Crippen molar-refractivity contribution in [1.82, 2.24) is 0 Å². The average Bonchev–Trinajstić information content (AvgIpc) is 2.60. The Morgan fingerprint density at radius 3 is 2.65 bits per heavy atom. The van der Waals surface area contributed by atoms with E-state index in [4.69, 9.17) is 14.9 Å². The highest BCUT2D eigenvalue weighted by Crippen LogP contribution is 2.29. The lowest BCUT2D eigenvalue weighted by Crippen LogP contribution is -2.26. The molecule has 0 heterocycles. The second-order valence-electron chi connectivity index (χ2n) is 5.93. The number of carbonyl (C=O) groups excluding carboxylic acids is 2. The number of rotatable bonds is 7. The molecule has 1 saturated carbocycles. The van der Waals surface area contributed by atoms with Crippen LogP contribution in [0.1, 0.15) is 36.8 Å². The second-order valence-corrected chi connectivity index (χ2v) is 5.93. The number of nitrogens with one attached hydrogen (secondary N) is 1. The van der Waals surface area contributed by atoms with E-state index in [1.807, 2.05) is 12.1 Å². The van der Waals surface area contributed by atoms with Crippen LogP contribution in [0.25, 0.3) is 0 Å². The summed E-state index contributed by atoms with van der Waals surface area (Å²) in [5, 5.41) is 7.51. The lowest BCUT2D eigenvalue weighted by molar-refractivity contribution is -0.140. The summed E-state index contributed by atoms with van der Waals surface area (Å²) in [6.45, 7) is 0.608. The normalized spacial score (nSPS) is 20.7. The van der Waals surface area contributed by atoms with Gasteiger partial charge in [-0.05, 0) is 49.8 Å². The van der Waals surface area contributed by atoms with Crippen molar-refractivity contribution in [3.63, 3.8) is 0 Å². The molecule has 1 fully saturated rings. The number of aldehydes is 1. The number of hydrogen-bond donors (Lipinski definition) is 1. The standard InChI is InChI=1S/C18H23NO4/c1-22-9-8-13-4-7-17(16(10-13)11-19)23-18(21)15-5-2-14(12-20)3-6-15/h4,7,10-12,14-15,19H,2-3,5-6,8-9H2,1H3. The van der Waals surface area contributed by atoms with E-state index in [-0.39, 0.29) is 17.8 Å². The summed E-state index contributed by atoms with van der Waals surface area (Å²) in [4.78, 5) is 23.0. The molecule has 1 aromatic carbocycles. The first-order valence-corrected chi connectivity index (χ1v) is 7.97. The van der Waals surface area contributed by atoms with Crippen LogP contribution in [0, 0.1) is 17.2 Å². The Hall–Kier alpha value is -2.01. The van der Waals surface area contributed by atoms with Gasteiger partial charge in [0.25, 0.3) is 0 Å². The fraction of sp³-hybridized carbons (Fsp3) is 0.500. The van der Waals surface area contributed by atoms with Crippen LogP contribution in [0.5, 0.6) is 5.75 Å². The second kappa shape index (κ2) is 8.58. The van der Waals surface area contributed by atoms with Gasteiger partial charge in [-0.2, -0.15) is 0 Å². The lowest BCUT2D eigenvalue weighted by atomic mass is 9.83. The highest BCUT2D eigenvalue weighted by Gasteiger charge is 2.27. The van der Waals surface area contributed by atoms with E-state index in [0.29, 0.717) is 30.8 Å². The Morgan fingerprint density at radius 2 is 2.04 bits per heavy atom. The van der Waals surface area contributed by atoms with Crippen LogP contribution in [0.2, 0.25) is 0 Å². The molecule has 0 amide bonds. The molecule has 5 nitrogen and oxygen atoms in total. The topological polar surface area (TPSA) is 76.5 Å². The van der Waals surface area contributed by atoms with Crippen molar-refractivity contribution in [3.05, 3.63) is 29.3 Å². The minimum atomic E-state index is -0.262. The zero-order chi connectivity index (χ0) is 16.7. The van der Waals surface area contributed by atoms with E-state index in [1.54, 1.807) is 13.2 Å². The van der Waals surface area contributed by atoms with E-state index >= 15 is 0 Å². The van der Waals surface area contributed by atoms with Crippen molar-refractivity contribution in [3.8, 4) is 5.75 Å². The molecule has 0 saturated heterocycles. The van der Waals surface area contributed by atoms with Gasteiger partial charge in [-0.15, -0.1) is 0 Å². The van der Waals surface area contributed by atoms with E-state index in [0.717, 1.165) is 31.1 Å². The van der Waals surface area contributed by atoms with E-state index in [9.17, 15) is 9.59 Å². The largest absolute Gasteiger partial charge is 0.426 e. The van der Waals surface area contributed by atoms with Crippen LogP contribution in [0.4, 0.5) is 0 Å². The van der Waals surface area contributed by atoms with Gasteiger partial charge < -0.3 is 19.7 Å². The smallest absolute Gasteiger partial charge is 0.314 e. The van der Waals surface area contributed by atoms with Crippen LogP contribution < -0.4 is 4.74 Å².